The summed E-state index contributed by atoms with van der Waals surface area (Å²) < 4.78 is 33.2. The number of benzene rings is 2. The van der Waals surface area contributed by atoms with Crippen molar-refractivity contribution in [1.82, 2.24) is 15.1 Å². The number of carbonyl (C=O) groups excluding carboxylic acids is 2. The van der Waals surface area contributed by atoms with E-state index in [-0.39, 0.29) is 17.5 Å². The third-order valence-corrected chi connectivity index (χ3v) is 5.01. The number of alkyl halides is 2. The van der Waals surface area contributed by atoms with Crippen LogP contribution in [0.1, 0.15) is 19.4 Å². The summed E-state index contributed by atoms with van der Waals surface area (Å²) in [6.45, 7) is 2.06. The van der Waals surface area contributed by atoms with E-state index in [9.17, 15) is 23.2 Å². The molecule has 12 heteroatoms. The highest BCUT2D eigenvalue weighted by atomic mass is 35.5. The maximum Gasteiger partial charge on any atom is 0.376 e. The van der Waals surface area contributed by atoms with Crippen LogP contribution in [0.3, 0.4) is 0 Å². The zero-order valence-electron chi connectivity index (χ0n) is 18.3. The minimum atomic E-state index is -4.31. The summed E-state index contributed by atoms with van der Waals surface area (Å²) in [5.41, 5.74) is 1.12. The van der Waals surface area contributed by atoms with Crippen LogP contribution in [0.4, 0.5) is 24.1 Å². The summed E-state index contributed by atoms with van der Waals surface area (Å²) >= 11 is 5.90. The zero-order valence-corrected chi connectivity index (χ0v) is 19.1. The standard InChI is InChI=1S/C22H23ClF2N4O5/c1-13(2)34-17-9-7-16(8-10-17)26-19-27-20(32)29(12-22(24,25)18(30)31)21(33)28(19)11-14-3-5-15(23)6-4-14/h3-10,13,19,26H,11-12H2,1-2H3,(H,27,32)(H,30,31). The molecule has 182 valence electrons. The highest BCUT2D eigenvalue weighted by Gasteiger charge is 2.48. The minimum absolute atomic E-state index is 0.0288. The molecule has 9 nitrogen and oxygen atoms in total. The average Bonchev–Trinajstić information content (AvgIpc) is 2.76. The number of hydrogen-bond donors (Lipinski definition) is 3. The van der Waals surface area contributed by atoms with E-state index in [1.807, 2.05) is 13.8 Å². The topological polar surface area (TPSA) is 111 Å². The molecule has 0 bridgehead atoms. The monoisotopic (exact) mass is 496 g/mol. The molecule has 1 fully saturated rings. The molecule has 2 aromatic carbocycles. The molecular formula is C22H23ClF2N4O5. The number of aliphatic carboxylic acids is 1. The van der Waals surface area contributed by atoms with Crippen molar-refractivity contribution >= 4 is 35.3 Å². The fraction of sp³-hybridized carbons (Fsp3) is 0.318. The maximum absolute atomic E-state index is 13.8. The first-order chi connectivity index (χ1) is 16.0. The lowest BCUT2D eigenvalue weighted by Gasteiger charge is -2.41. The minimum Gasteiger partial charge on any atom is -0.491 e. The Labute approximate surface area is 199 Å². The fourth-order valence-corrected chi connectivity index (χ4v) is 3.28. The van der Waals surface area contributed by atoms with Crippen LogP contribution in [0.5, 0.6) is 5.75 Å². The van der Waals surface area contributed by atoms with Gasteiger partial charge in [-0.3, -0.25) is 10.2 Å². The number of amides is 4. The summed E-state index contributed by atoms with van der Waals surface area (Å²) in [6, 6.07) is 10.9. The molecule has 34 heavy (non-hydrogen) atoms. The fourth-order valence-electron chi connectivity index (χ4n) is 3.15. The molecule has 2 aromatic rings. The molecule has 1 atom stereocenters. The van der Waals surface area contributed by atoms with Gasteiger partial charge in [0.1, 0.15) is 12.3 Å². The van der Waals surface area contributed by atoms with E-state index in [2.05, 4.69) is 10.6 Å². The third kappa shape index (κ3) is 6.04. The van der Waals surface area contributed by atoms with Gasteiger partial charge >= 0.3 is 24.0 Å². The number of carbonyl (C=O) groups is 3. The van der Waals surface area contributed by atoms with Crippen molar-refractivity contribution < 1.29 is 33.0 Å². The van der Waals surface area contributed by atoms with Crippen molar-refractivity contribution in [3.63, 3.8) is 0 Å². The number of nitrogens with one attached hydrogen (secondary N) is 2. The molecule has 0 aliphatic carbocycles. The van der Waals surface area contributed by atoms with E-state index in [1.54, 1.807) is 48.5 Å². The van der Waals surface area contributed by atoms with E-state index in [0.717, 1.165) is 4.90 Å². The van der Waals surface area contributed by atoms with Gasteiger partial charge in [0.05, 0.1) is 12.6 Å². The molecular weight excluding hydrogens is 474 g/mol. The Hall–Kier alpha value is -3.60. The first-order valence-electron chi connectivity index (χ1n) is 10.2. The van der Waals surface area contributed by atoms with Gasteiger partial charge in [0.15, 0.2) is 6.29 Å². The van der Waals surface area contributed by atoms with Crippen molar-refractivity contribution in [2.45, 2.75) is 38.7 Å². The SMILES string of the molecule is CC(C)Oc1ccc(NC2NC(=O)N(CC(F)(F)C(=O)O)C(=O)N2Cc2ccc(Cl)cc2)cc1. The molecule has 0 saturated carbocycles. The number of rotatable bonds is 9. The second-order valence-electron chi connectivity index (χ2n) is 7.82. The third-order valence-electron chi connectivity index (χ3n) is 4.76. The lowest BCUT2D eigenvalue weighted by Crippen LogP contribution is -2.68. The summed E-state index contributed by atoms with van der Waals surface area (Å²) in [4.78, 5) is 37.7. The predicted molar refractivity (Wildman–Crippen MR) is 120 cm³/mol. The number of carboxylic acids is 1. The molecule has 0 spiro atoms. The Bertz CT molecular complexity index is 1050. The number of nitrogens with zero attached hydrogens (tertiary/aromatic N) is 2. The molecule has 1 aliphatic rings. The van der Waals surface area contributed by atoms with Crippen LogP contribution < -0.4 is 15.4 Å². The summed E-state index contributed by atoms with van der Waals surface area (Å²) in [5, 5.41) is 14.6. The zero-order chi connectivity index (χ0) is 25.0. The smallest absolute Gasteiger partial charge is 0.376 e. The van der Waals surface area contributed by atoms with Gasteiger partial charge in [-0.25, -0.2) is 19.3 Å². The summed E-state index contributed by atoms with van der Waals surface area (Å²) in [7, 11) is 0. The van der Waals surface area contributed by atoms with Crippen molar-refractivity contribution in [3.8, 4) is 5.75 Å². The molecule has 1 saturated heterocycles. The molecule has 3 rings (SSSR count). The highest BCUT2D eigenvalue weighted by molar-refractivity contribution is 6.30. The van der Waals surface area contributed by atoms with Gasteiger partial charge in [0.25, 0.3) is 0 Å². The molecule has 0 aromatic heterocycles. The predicted octanol–water partition coefficient (Wildman–Crippen LogP) is 4.19. The molecule has 3 N–H and O–H groups in total. The Balaban J connectivity index is 1.86. The Morgan fingerprint density at radius 2 is 1.79 bits per heavy atom. The first kappa shape index (κ1) is 25.0. The van der Waals surface area contributed by atoms with Crippen LogP contribution in [-0.2, 0) is 11.3 Å². The number of imide groups is 1. The van der Waals surface area contributed by atoms with Crippen LogP contribution in [0.15, 0.2) is 48.5 Å². The van der Waals surface area contributed by atoms with Crippen LogP contribution in [0, 0.1) is 0 Å². The van der Waals surface area contributed by atoms with Crippen LogP contribution >= 0.6 is 11.6 Å². The van der Waals surface area contributed by atoms with Crippen LogP contribution in [0.25, 0.3) is 0 Å². The second kappa shape index (κ2) is 10.1. The van der Waals surface area contributed by atoms with Gasteiger partial charge in [-0.2, -0.15) is 8.78 Å². The second-order valence-corrected chi connectivity index (χ2v) is 8.26. The molecule has 1 aliphatic heterocycles. The maximum atomic E-state index is 13.8. The lowest BCUT2D eigenvalue weighted by atomic mass is 10.2. The van der Waals surface area contributed by atoms with E-state index < -0.39 is 36.8 Å². The van der Waals surface area contributed by atoms with Gasteiger partial charge in [-0.05, 0) is 55.8 Å². The Kier molecular flexibility index (Phi) is 7.45. The number of halogens is 3. The van der Waals surface area contributed by atoms with Crippen molar-refractivity contribution in [3.05, 3.63) is 59.1 Å². The van der Waals surface area contributed by atoms with Gasteiger partial charge < -0.3 is 15.2 Å². The number of carboxylic acid groups (broad SMARTS) is 1. The van der Waals surface area contributed by atoms with Gasteiger partial charge in [-0.15, -0.1) is 0 Å². The molecule has 4 amide bonds. The summed E-state index contributed by atoms with van der Waals surface area (Å²) in [5.74, 6) is -6.14. The van der Waals surface area contributed by atoms with E-state index >= 15 is 0 Å². The Morgan fingerprint density at radius 1 is 1.18 bits per heavy atom. The number of urea groups is 2. The van der Waals surface area contributed by atoms with Crippen molar-refractivity contribution in [1.29, 1.82) is 0 Å². The number of anilines is 1. The molecule has 1 heterocycles. The quantitative estimate of drug-likeness (QED) is 0.480. The Morgan fingerprint density at radius 3 is 2.35 bits per heavy atom. The van der Waals surface area contributed by atoms with Crippen LogP contribution in [-0.4, -0.2) is 57.8 Å². The van der Waals surface area contributed by atoms with Gasteiger partial charge in [-0.1, -0.05) is 23.7 Å². The van der Waals surface area contributed by atoms with E-state index in [1.165, 1.54) is 0 Å². The van der Waals surface area contributed by atoms with Crippen molar-refractivity contribution in [2.24, 2.45) is 0 Å². The van der Waals surface area contributed by atoms with Gasteiger partial charge in [0.2, 0.25) is 0 Å². The largest absolute Gasteiger partial charge is 0.491 e. The van der Waals surface area contributed by atoms with Crippen LogP contribution in [0.2, 0.25) is 5.02 Å². The highest BCUT2D eigenvalue weighted by Crippen LogP contribution is 2.24. The molecule has 1 unspecified atom stereocenters. The van der Waals surface area contributed by atoms with E-state index in [4.69, 9.17) is 21.4 Å². The average molecular weight is 497 g/mol. The number of hydrogen-bond acceptors (Lipinski definition) is 5. The normalized spacial score (nSPS) is 16.5. The van der Waals surface area contributed by atoms with E-state index in [0.29, 0.717) is 22.0 Å². The van der Waals surface area contributed by atoms with Crippen molar-refractivity contribution in [2.75, 3.05) is 11.9 Å². The van der Waals surface area contributed by atoms with Gasteiger partial charge in [0, 0.05) is 10.7 Å². The number of ether oxygens (including phenoxy) is 1. The lowest BCUT2D eigenvalue weighted by molar-refractivity contribution is -0.165. The molecule has 0 radical (unpaired) electrons. The first-order valence-corrected chi connectivity index (χ1v) is 10.6. The summed E-state index contributed by atoms with van der Waals surface area (Å²) in [6.07, 6.45) is -1.14.